The van der Waals surface area contributed by atoms with Gasteiger partial charge in [-0.05, 0) is 23.6 Å². The molecule has 3 rings (SSSR count). The Hall–Kier alpha value is -1.21. The minimum absolute atomic E-state index is 0.391. The quantitative estimate of drug-likeness (QED) is 0.734. The highest BCUT2D eigenvalue weighted by Crippen LogP contribution is 2.29. The Morgan fingerprint density at radius 3 is 2.90 bits per heavy atom. The number of thiophene rings is 2. The number of aliphatic hydroxyl groups is 1. The van der Waals surface area contributed by atoms with Crippen molar-refractivity contribution in [3.8, 4) is 0 Å². The van der Waals surface area contributed by atoms with Crippen LogP contribution in [-0.4, -0.2) is 21.6 Å². The second-order valence-electron chi connectivity index (χ2n) is 4.52. The zero-order valence-corrected chi connectivity index (χ0v) is 13.7. The molecule has 0 saturated heterocycles. The van der Waals surface area contributed by atoms with Crippen LogP contribution in [-0.2, 0) is 6.42 Å². The fourth-order valence-corrected chi connectivity index (χ4v) is 3.82. The van der Waals surface area contributed by atoms with E-state index in [-0.39, 0.29) is 0 Å². The largest absolute Gasteiger partial charge is 0.386 e. The maximum Gasteiger partial charge on any atom is 0.138 e. The third-order valence-corrected chi connectivity index (χ3v) is 5.21. The highest BCUT2D eigenvalue weighted by molar-refractivity contribution is 7.17. The number of halogens is 1. The number of aromatic nitrogens is 2. The fourth-order valence-electron chi connectivity index (χ4n) is 1.99. The summed E-state index contributed by atoms with van der Waals surface area (Å²) in [6.07, 6.45) is 0.183. The van der Waals surface area contributed by atoms with Gasteiger partial charge in [-0.3, -0.25) is 0 Å². The van der Waals surface area contributed by atoms with Gasteiger partial charge in [-0.2, -0.15) is 0 Å². The van der Waals surface area contributed by atoms with E-state index < -0.39 is 6.10 Å². The van der Waals surface area contributed by atoms with Gasteiger partial charge in [0.05, 0.1) is 9.72 Å². The van der Waals surface area contributed by atoms with Gasteiger partial charge in [0.2, 0.25) is 0 Å². The van der Waals surface area contributed by atoms with Crippen molar-refractivity contribution in [2.24, 2.45) is 0 Å². The first-order valence-corrected chi connectivity index (χ1v) is 8.66. The van der Waals surface area contributed by atoms with Crippen molar-refractivity contribution in [3.05, 3.63) is 38.6 Å². The Kier molecular flexibility index (Phi) is 4.40. The molecule has 0 aliphatic heterocycles. The summed E-state index contributed by atoms with van der Waals surface area (Å²) in [5.74, 6) is 1.58. The third kappa shape index (κ3) is 3.18. The molecule has 0 aliphatic rings. The smallest absolute Gasteiger partial charge is 0.138 e. The van der Waals surface area contributed by atoms with E-state index in [1.807, 2.05) is 24.4 Å². The van der Waals surface area contributed by atoms with Gasteiger partial charge in [0.25, 0.3) is 0 Å². The summed E-state index contributed by atoms with van der Waals surface area (Å²) in [5.41, 5.74) is 0. The topological polar surface area (TPSA) is 58.0 Å². The van der Waals surface area contributed by atoms with Crippen molar-refractivity contribution < 1.29 is 5.11 Å². The van der Waals surface area contributed by atoms with Crippen LogP contribution in [0.25, 0.3) is 10.2 Å². The van der Waals surface area contributed by atoms with Crippen molar-refractivity contribution >= 4 is 50.3 Å². The van der Waals surface area contributed by atoms with Gasteiger partial charge in [0.15, 0.2) is 0 Å². The summed E-state index contributed by atoms with van der Waals surface area (Å²) in [7, 11) is 0. The Morgan fingerprint density at radius 1 is 1.33 bits per heavy atom. The van der Waals surface area contributed by atoms with Crippen LogP contribution in [0.4, 0.5) is 5.82 Å². The Balaban J connectivity index is 1.79. The van der Waals surface area contributed by atoms with Crippen LogP contribution in [0.2, 0.25) is 4.34 Å². The van der Waals surface area contributed by atoms with Crippen LogP contribution < -0.4 is 5.32 Å². The molecule has 0 radical (unpaired) electrons. The molecule has 0 saturated carbocycles. The molecule has 110 valence electrons. The summed E-state index contributed by atoms with van der Waals surface area (Å²) in [6.45, 7) is 2.42. The molecule has 7 heteroatoms. The molecule has 0 amide bonds. The number of hydrogen-bond acceptors (Lipinski definition) is 6. The summed E-state index contributed by atoms with van der Waals surface area (Å²) in [4.78, 5) is 10.8. The average molecular weight is 340 g/mol. The van der Waals surface area contributed by atoms with Crippen LogP contribution in [0.5, 0.6) is 0 Å². The summed E-state index contributed by atoms with van der Waals surface area (Å²) in [5, 5.41) is 16.4. The maximum atomic E-state index is 10.2. The van der Waals surface area contributed by atoms with E-state index in [1.165, 1.54) is 11.3 Å². The van der Waals surface area contributed by atoms with Gasteiger partial charge >= 0.3 is 0 Å². The van der Waals surface area contributed by atoms with Crippen molar-refractivity contribution in [1.82, 2.24) is 9.97 Å². The van der Waals surface area contributed by atoms with E-state index in [4.69, 9.17) is 11.6 Å². The molecule has 21 heavy (non-hydrogen) atoms. The van der Waals surface area contributed by atoms with Crippen LogP contribution in [0.1, 0.15) is 23.7 Å². The van der Waals surface area contributed by atoms with E-state index in [9.17, 15) is 5.11 Å². The zero-order chi connectivity index (χ0) is 14.8. The highest BCUT2D eigenvalue weighted by Gasteiger charge is 2.13. The monoisotopic (exact) mass is 339 g/mol. The highest BCUT2D eigenvalue weighted by atomic mass is 35.5. The van der Waals surface area contributed by atoms with Gasteiger partial charge in [-0.15, -0.1) is 22.7 Å². The number of rotatable bonds is 5. The molecule has 0 aromatic carbocycles. The molecule has 0 spiro atoms. The van der Waals surface area contributed by atoms with Crippen LogP contribution in [0.15, 0.2) is 23.6 Å². The molecule has 1 unspecified atom stereocenters. The van der Waals surface area contributed by atoms with Gasteiger partial charge in [0.1, 0.15) is 22.6 Å². The molecule has 0 fully saturated rings. The Morgan fingerprint density at radius 2 is 2.19 bits per heavy atom. The van der Waals surface area contributed by atoms with E-state index in [2.05, 4.69) is 15.3 Å². The zero-order valence-electron chi connectivity index (χ0n) is 11.3. The van der Waals surface area contributed by atoms with Crippen molar-refractivity contribution in [1.29, 1.82) is 0 Å². The van der Waals surface area contributed by atoms with Crippen LogP contribution in [0.3, 0.4) is 0 Å². The van der Waals surface area contributed by atoms with E-state index >= 15 is 0 Å². The Bertz CT molecular complexity index is 756. The first-order valence-electron chi connectivity index (χ1n) is 6.58. The normalized spacial score (nSPS) is 12.7. The molecule has 3 heterocycles. The first kappa shape index (κ1) is 14.7. The lowest BCUT2D eigenvalue weighted by Gasteiger charge is -2.12. The molecule has 4 nitrogen and oxygen atoms in total. The lowest BCUT2D eigenvalue weighted by molar-refractivity contribution is 0.195. The van der Waals surface area contributed by atoms with Gasteiger partial charge < -0.3 is 10.4 Å². The maximum absolute atomic E-state index is 10.2. The van der Waals surface area contributed by atoms with E-state index in [0.717, 1.165) is 33.2 Å². The SMILES string of the molecule is CCc1nc(NCC(O)c2ccc(Cl)s2)c2ccsc2n1. The number of fused-ring (bicyclic) bond motifs is 1. The van der Waals surface area contributed by atoms with Crippen molar-refractivity contribution in [2.75, 3.05) is 11.9 Å². The number of anilines is 1. The Labute approximate surface area is 135 Å². The second-order valence-corrected chi connectivity index (χ2v) is 7.16. The number of hydrogen-bond donors (Lipinski definition) is 2. The van der Waals surface area contributed by atoms with Gasteiger partial charge in [-0.25, -0.2) is 9.97 Å². The third-order valence-electron chi connectivity index (χ3n) is 3.07. The molecule has 0 bridgehead atoms. The standard InChI is InChI=1S/C14H14ClN3OS2/c1-2-12-17-13(8-5-6-20-14(8)18-12)16-7-9(19)10-3-4-11(15)21-10/h3-6,9,19H,2,7H2,1H3,(H,16,17,18). The average Bonchev–Trinajstić information content (AvgIpc) is 3.12. The molecular weight excluding hydrogens is 326 g/mol. The molecular formula is C14H14ClN3OS2. The fraction of sp³-hybridized carbons (Fsp3) is 0.286. The number of nitrogens with one attached hydrogen (secondary N) is 1. The molecule has 1 atom stereocenters. The molecule has 3 aromatic heterocycles. The van der Waals surface area contributed by atoms with Crippen molar-refractivity contribution in [2.45, 2.75) is 19.4 Å². The number of aliphatic hydroxyl groups excluding tert-OH is 1. The molecule has 0 aliphatic carbocycles. The van der Waals surface area contributed by atoms with Crippen molar-refractivity contribution in [3.63, 3.8) is 0 Å². The van der Waals surface area contributed by atoms with Gasteiger partial charge in [-0.1, -0.05) is 18.5 Å². The lowest BCUT2D eigenvalue weighted by atomic mass is 10.3. The summed E-state index contributed by atoms with van der Waals surface area (Å²) < 4.78 is 0.680. The predicted molar refractivity (Wildman–Crippen MR) is 89.6 cm³/mol. The lowest BCUT2D eigenvalue weighted by Crippen LogP contribution is -2.13. The summed E-state index contributed by atoms with van der Waals surface area (Å²) in [6, 6.07) is 5.63. The molecule has 3 aromatic rings. The second kappa shape index (κ2) is 6.27. The van der Waals surface area contributed by atoms with E-state index in [0.29, 0.717) is 10.9 Å². The van der Waals surface area contributed by atoms with Crippen LogP contribution in [0, 0.1) is 0 Å². The number of aryl methyl sites for hydroxylation is 1. The first-order chi connectivity index (χ1) is 10.2. The molecule has 2 N–H and O–H groups in total. The number of nitrogens with zero attached hydrogens (tertiary/aromatic N) is 2. The minimum Gasteiger partial charge on any atom is -0.386 e. The predicted octanol–water partition coefficient (Wildman–Crippen LogP) is 4.11. The van der Waals surface area contributed by atoms with E-state index in [1.54, 1.807) is 17.4 Å². The minimum atomic E-state index is -0.601. The van der Waals surface area contributed by atoms with Gasteiger partial charge in [0, 0.05) is 17.8 Å². The van der Waals surface area contributed by atoms with Crippen LogP contribution >= 0.6 is 34.3 Å². The summed E-state index contributed by atoms with van der Waals surface area (Å²) >= 11 is 8.88.